The van der Waals surface area contributed by atoms with E-state index >= 15 is 0 Å². The fourth-order valence-electron chi connectivity index (χ4n) is 2.49. The fraction of sp³-hybridized carbons (Fsp3) is 0.278. The highest BCUT2D eigenvalue weighted by atomic mass is 19.1. The monoisotopic (exact) mass is 389 g/mol. The number of ether oxygens (including phenoxy) is 3. The van der Waals surface area contributed by atoms with E-state index < -0.39 is 11.9 Å². The number of hydrogen-bond donors (Lipinski definition) is 2. The van der Waals surface area contributed by atoms with Crippen LogP contribution in [0.1, 0.15) is 12.5 Å². The Bertz CT molecular complexity index is 906. The second-order valence-corrected chi connectivity index (χ2v) is 5.77. The van der Waals surface area contributed by atoms with Crippen molar-refractivity contribution in [2.75, 3.05) is 36.2 Å². The highest BCUT2D eigenvalue weighted by Gasteiger charge is 2.25. The fourth-order valence-corrected chi connectivity index (χ4v) is 2.49. The van der Waals surface area contributed by atoms with Gasteiger partial charge in [-0.2, -0.15) is 9.97 Å². The Morgan fingerprint density at radius 3 is 2.75 bits per heavy atom. The van der Waals surface area contributed by atoms with Gasteiger partial charge in [-0.15, -0.1) is 0 Å². The number of halogens is 1. The van der Waals surface area contributed by atoms with Crippen LogP contribution in [-0.2, 0) is 11.3 Å². The molecule has 0 saturated heterocycles. The van der Waals surface area contributed by atoms with E-state index in [0.29, 0.717) is 5.56 Å². The molecule has 3 rings (SSSR count). The van der Waals surface area contributed by atoms with Crippen molar-refractivity contribution in [3.63, 3.8) is 0 Å². The maximum Gasteiger partial charge on any atom is 0.415 e. The van der Waals surface area contributed by atoms with E-state index in [4.69, 9.17) is 25.7 Å². The Labute approximate surface area is 160 Å². The minimum Gasteiger partial charge on any atom is -0.486 e. The lowest BCUT2D eigenvalue weighted by atomic mass is 10.2. The summed E-state index contributed by atoms with van der Waals surface area (Å²) in [6.07, 6.45) is 2.63. The molecular weight excluding hydrogens is 369 g/mol. The van der Waals surface area contributed by atoms with Gasteiger partial charge in [0.1, 0.15) is 18.9 Å². The van der Waals surface area contributed by atoms with Gasteiger partial charge in [0, 0.05) is 0 Å². The van der Waals surface area contributed by atoms with Crippen molar-refractivity contribution < 1.29 is 23.4 Å². The number of carbonyl (C=O) groups is 1. The van der Waals surface area contributed by atoms with E-state index in [2.05, 4.69) is 9.97 Å². The first-order valence-corrected chi connectivity index (χ1v) is 8.56. The summed E-state index contributed by atoms with van der Waals surface area (Å²) in [5.74, 6) is -0.460. The number of carbonyl (C=O) groups excluding carboxylic acids is 1. The van der Waals surface area contributed by atoms with Crippen LogP contribution < -0.4 is 25.8 Å². The first-order chi connectivity index (χ1) is 13.5. The second-order valence-electron chi connectivity index (χ2n) is 5.77. The van der Waals surface area contributed by atoms with E-state index in [-0.39, 0.29) is 55.4 Å². The maximum absolute atomic E-state index is 14.0. The molecule has 0 radical (unpaired) electrons. The van der Waals surface area contributed by atoms with Gasteiger partial charge in [-0.3, -0.25) is 4.90 Å². The summed E-state index contributed by atoms with van der Waals surface area (Å²) in [6, 6.07) is 4.24. The van der Waals surface area contributed by atoms with Crippen LogP contribution >= 0.6 is 0 Å². The van der Waals surface area contributed by atoms with Crippen molar-refractivity contribution in [1.82, 2.24) is 9.97 Å². The Hall–Kier alpha value is -3.56. The number of fused-ring (bicyclic) bond motifs is 4. The summed E-state index contributed by atoms with van der Waals surface area (Å²) >= 11 is 0. The first kappa shape index (κ1) is 19.2. The van der Waals surface area contributed by atoms with Gasteiger partial charge >= 0.3 is 12.1 Å². The molecule has 2 heterocycles. The maximum atomic E-state index is 14.0. The number of benzene rings is 1. The number of amides is 1. The lowest BCUT2D eigenvalue weighted by Crippen LogP contribution is -2.33. The van der Waals surface area contributed by atoms with Crippen LogP contribution in [0.5, 0.6) is 11.8 Å². The summed E-state index contributed by atoms with van der Waals surface area (Å²) in [5, 5.41) is 0. The largest absolute Gasteiger partial charge is 0.486 e. The van der Waals surface area contributed by atoms with E-state index in [1.165, 1.54) is 23.1 Å². The molecule has 1 aromatic heterocycles. The summed E-state index contributed by atoms with van der Waals surface area (Å²) in [7, 11) is 0. The minimum atomic E-state index is -0.697. The minimum absolute atomic E-state index is 0.00150. The molecule has 1 aromatic carbocycles. The van der Waals surface area contributed by atoms with Crippen molar-refractivity contribution in [1.29, 1.82) is 0 Å². The average molecular weight is 389 g/mol. The normalized spacial score (nSPS) is 15.0. The van der Waals surface area contributed by atoms with Crippen molar-refractivity contribution in [3.05, 3.63) is 41.7 Å². The van der Waals surface area contributed by atoms with E-state index in [0.717, 1.165) is 0 Å². The second kappa shape index (κ2) is 8.42. The highest BCUT2D eigenvalue weighted by Crippen LogP contribution is 2.30. The molecule has 0 unspecified atom stereocenters. The van der Waals surface area contributed by atoms with Crippen LogP contribution in [-0.4, -0.2) is 35.9 Å². The molecule has 1 aliphatic heterocycles. The van der Waals surface area contributed by atoms with Crippen molar-refractivity contribution in [2.45, 2.75) is 13.5 Å². The van der Waals surface area contributed by atoms with Crippen molar-refractivity contribution in [3.8, 4) is 11.8 Å². The SMILES string of the molecule is CCOC(=O)N1Cc2ccc(F)c(c2)OC/C=C/COc2nc(N)c(N)c1n2. The number of nitrogen functional groups attached to an aromatic ring is 2. The number of aromatic nitrogens is 2. The van der Waals surface area contributed by atoms with Crippen LogP contribution in [0.25, 0.3) is 0 Å². The average Bonchev–Trinajstić information content (AvgIpc) is 2.67. The van der Waals surface area contributed by atoms with Gasteiger partial charge in [-0.05, 0) is 36.8 Å². The molecule has 148 valence electrons. The van der Waals surface area contributed by atoms with E-state index in [1.807, 2.05) is 0 Å². The Morgan fingerprint density at radius 1 is 1.25 bits per heavy atom. The zero-order valence-corrected chi connectivity index (χ0v) is 15.2. The molecule has 9 nitrogen and oxygen atoms in total. The molecule has 0 atom stereocenters. The molecule has 4 N–H and O–H groups in total. The molecular formula is C18H20FN5O4. The van der Waals surface area contributed by atoms with Gasteiger partial charge in [-0.25, -0.2) is 9.18 Å². The Morgan fingerprint density at radius 2 is 2.00 bits per heavy atom. The van der Waals surface area contributed by atoms with Gasteiger partial charge in [-0.1, -0.05) is 6.07 Å². The molecule has 1 aliphatic rings. The number of hydrogen-bond acceptors (Lipinski definition) is 8. The molecule has 10 heteroatoms. The van der Waals surface area contributed by atoms with Crippen LogP contribution in [0.15, 0.2) is 30.4 Å². The van der Waals surface area contributed by atoms with Gasteiger partial charge in [0.05, 0.1) is 13.2 Å². The molecule has 28 heavy (non-hydrogen) atoms. The first-order valence-electron chi connectivity index (χ1n) is 8.56. The highest BCUT2D eigenvalue weighted by molar-refractivity contribution is 5.92. The smallest absolute Gasteiger partial charge is 0.415 e. The van der Waals surface area contributed by atoms with E-state index in [9.17, 15) is 9.18 Å². The zero-order valence-electron chi connectivity index (χ0n) is 15.2. The van der Waals surface area contributed by atoms with Gasteiger partial charge < -0.3 is 25.7 Å². The van der Waals surface area contributed by atoms with Gasteiger partial charge in [0.25, 0.3) is 0 Å². The number of nitrogens with two attached hydrogens (primary N) is 2. The molecule has 0 aliphatic carbocycles. The summed E-state index contributed by atoms with van der Waals surface area (Å²) in [4.78, 5) is 21.9. The third-order valence-electron chi connectivity index (χ3n) is 3.83. The van der Waals surface area contributed by atoms with Crippen LogP contribution in [0.2, 0.25) is 0 Å². The zero-order chi connectivity index (χ0) is 20.1. The quantitative estimate of drug-likeness (QED) is 0.712. The number of rotatable bonds is 1. The van der Waals surface area contributed by atoms with Crippen molar-refractivity contribution in [2.24, 2.45) is 0 Å². The number of anilines is 3. The van der Waals surface area contributed by atoms with Gasteiger partial charge in [0.15, 0.2) is 23.2 Å². The summed E-state index contributed by atoms with van der Waals surface area (Å²) in [6.45, 7) is 2.06. The molecule has 2 aromatic rings. The topological polar surface area (TPSA) is 126 Å². The molecule has 0 saturated carbocycles. The standard InChI is InChI=1S/C18H20FN5O4/c1-2-26-18(25)24-10-11-5-6-12(19)13(9-11)27-7-3-4-8-28-17-22-15(21)14(20)16(24)23-17/h3-6,9H,2,7-8,10,20H2,1H3,(H2,21,22,23)/b4-3+. The van der Waals surface area contributed by atoms with Crippen LogP contribution in [0.3, 0.4) is 0 Å². The summed E-state index contributed by atoms with van der Waals surface area (Å²) in [5.41, 5.74) is 12.4. The Kier molecular flexibility index (Phi) is 5.78. The molecule has 0 fully saturated rings. The van der Waals surface area contributed by atoms with Gasteiger partial charge in [0.2, 0.25) is 0 Å². The molecule has 1 amide bonds. The predicted molar refractivity (Wildman–Crippen MR) is 101 cm³/mol. The lowest BCUT2D eigenvalue weighted by molar-refractivity contribution is 0.159. The van der Waals surface area contributed by atoms with Crippen LogP contribution in [0, 0.1) is 5.82 Å². The summed E-state index contributed by atoms with van der Waals surface area (Å²) < 4.78 is 30.0. The third-order valence-corrected chi connectivity index (χ3v) is 3.83. The number of nitrogens with zero attached hydrogens (tertiary/aromatic N) is 3. The molecule has 0 spiro atoms. The van der Waals surface area contributed by atoms with Crippen molar-refractivity contribution >= 4 is 23.4 Å². The third kappa shape index (κ3) is 4.22. The molecule has 4 bridgehead atoms. The lowest BCUT2D eigenvalue weighted by Gasteiger charge is -2.23. The Balaban J connectivity index is 2.10. The van der Waals surface area contributed by atoms with E-state index in [1.54, 1.807) is 19.1 Å². The predicted octanol–water partition coefficient (Wildman–Crippen LogP) is 2.27. The van der Waals surface area contributed by atoms with Crippen LogP contribution in [0.4, 0.5) is 26.5 Å².